The third kappa shape index (κ3) is 3.33. The monoisotopic (exact) mass is 269 g/mol. The van der Waals surface area contributed by atoms with Crippen molar-refractivity contribution in [1.29, 1.82) is 0 Å². The molecule has 5 heteroatoms. The number of rotatable bonds is 4. The summed E-state index contributed by atoms with van der Waals surface area (Å²) in [6.45, 7) is 6.66. The first-order chi connectivity index (χ1) is 8.70. The highest BCUT2D eigenvalue weighted by molar-refractivity contribution is 6.30. The number of aromatic nitrogens is 2. The number of anilines is 1. The lowest BCUT2D eigenvalue weighted by Gasteiger charge is -2.23. The van der Waals surface area contributed by atoms with Crippen LogP contribution in [-0.2, 0) is 11.2 Å². The molecule has 1 aliphatic heterocycles. The van der Waals surface area contributed by atoms with E-state index < -0.39 is 0 Å². The molecule has 18 heavy (non-hydrogen) atoms. The Morgan fingerprint density at radius 2 is 2.06 bits per heavy atom. The summed E-state index contributed by atoms with van der Waals surface area (Å²) in [5.74, 6) is 2.33. The molecule has 0 saturated carbocycles. The van der Waals surface area contributed by atoms with Crippen LogP contribution < -0.4 is 5.32 Å². The van der Waals surface area contributed by atoms with E-state index in [2.05, 4.69) is 15.3 Å². The van der Waals surface area contributed by atoms with Crippen LogP contribution in [0.5, 0.6) is 0 Å². The fourth-order valence-corrected chi connectivity index (χ4v) is 2.24. The van der Waals surface area contributed by atoms with Crippen molar-refractivity contribution in [3.05, 3.63) is 16.5 Å². The highest BCUT2D eigenvalue weighted by Crippen LogP contribution is 2.21. The normalized spacial score (nSPS) is 16.8. The van der Waals surface area contributed by atoms with Crippen molar-refractivity contribution >= 4 is 17.4 Å². The van der Waals surface area contributed by atoms with Gasteiger partial charge in [0.25, 0.3) is 0 Å². The van der Waals surface area contributed by atoms with Crippen LogP contribution in [0.2, 0.25) is 5.15 Å². The summed E-state index contributed by atoms with van der Waals surface area (Å²) in [6.07, 6.45) is 3.03. The van der Waals surface area contributed by atoms with Crippen molar-refractivity contribution in [1.82, 2.24) is 9.97 Å². The Morgan fingerprint density at radius 1 is 1.33 bits per heavy atom. The highest BCUT2D eigenvalue weighted by Gasteiger charge is 2.15. The van der Waals surface area contributed by atoms with Gasteiger partial charge in [0, 0.05) is 31.7 Å². The van der Waals surface area contributed by atoms with Crippen LogP contribution in [0.1, 0.15) is 31.2 Å². The molecule has 0 bridgehead atoms. The standard InChI is InChI=1S/C13H20ClN3O/c1-3-11-16-12(14)9(2)13(17-11)15-8-10-4-6-18-7-5-10/h10H,3-8H2,1-2H3,(H,15,16,17). The molecule has 0 spiro atoms. The van der Waals surface area contributed by atoms with E-state index in [1.807, 2.05) is 13.8 Å². The summed E-state index contributed by atoms with van der Waals surface area (Å²) in [4.78, 5) is 8.74. The summed E-state index contributed by atoms with van der Waals surface area (Å²) >= 11 is 6.11. The largest absolute Gasteiger partial charge is 0.381 e. The van der Waals surface area contributed by atoms with Gasteiger partial charge in [-0.15, -0.1) is 0 Å². The van der Waals surface area contributed by atoms with Gasteiger partial charge in [0.05, 0.1) is 0 Å². The zero-order chi connectivity index (χ0) is 13.0. The molecule has 0 radical (unpaired) electrons. The maximum Gasteiger partial charge on any atom is 0.137 e. The van der Waals surface area contributed by atoms with E-state index in [0.717, 1.165) is 56.2 Å². The molecule has 1 aromatic heterocycles. The van der Waals surface area contributed by atoms with Gasteiger partial charge in [0.2, 0.25) is 0 Å². The minimum Gasteiger partial charge on any atom is -0.381 e. The van der Waals surface area contributed by atoms with E-state index in [4.69, 9.17) is 16.3 Å². The van der Waals surface area contributed by atoms with Crippen LogP contribution >= 0.6 is 11.6 Å². The number of halogens is 1. The minimum atomic E-state index is 0.552. The van der Waals surface area contributed by atoms with Gasteiger partial charge in [0.15, 0.2) is 0 Å². The summed E-state index contributed by atoms with van der Waals surface area (Å²) in [5, 5.41) is 3.96. The zero-order valence-corrected chi connectivity index (χ0v) is 11.8. The quantitative estimate of drug-likeness (QED) is 0.854. The Morgan fingerprint density at radius 3 is 2.72 bits per heavy atom. The predicted octanol–water partition coefficient (Wildman–Crippen LogP) is 2.84. The van der Waals surface area contributed by atoms with Gasteiger partial charge in [-0.05, 0) is 25.7 Å². The van der Waals surface area contributed by atoms with Crippen molar-refractivity contribution < 1.29 is 4.74 Å². The van der Waals surface area contributed by atoms with Crippen molar-refractivity contribution in [2.75, 3.05) is 25.1 Å². The number of aryl methyl sites for hydroxylation is 1. The number of hydrogen-bond donors (Lipinski definition) is 1. The molecular formula is C13H20ClN3O. The van der Waals surface area contributed by atoms with Gasteiger partial charge >= 0.3 is 0 Å². The maximum atomic E-state index is 6.11. The second kappa shape index (κ2) is 6.34. The topological polar surface area (TPSA) is 47.0 Å². The lowest BCUT2D eigenvalue weighted by atomic mass is 10.0. The number of nitrogens with zero attached hydrogens (tertiary/aromatic N) is 2. The summed E-state index contributed by atoms with van der Waals surface area (Å²) in [5.41, 5.74) is 0.931. The highest BCUT2D eigenvalue weighted by atomic mass is 35.5. The first-order valence-corrected chi connectivity index (χ1v) is 6.93. The average Bonchev–Trinajstić information content (AvgIpc) is 2.41. The number of nitrogens with one attached hydrogen (secondary N) is 1. The van der Waals surface area contributed by atoms with Crippen LogP contribution in [0, 0.1) is 12.8 Å². The Labute approximate surface area is 113 Å². The van der Waals surface area contributed by atoms with Crippen LogP contribution in [0.4, 0.5) is 5.82 Å². The molecule has 1 aromatic rings. The fraction of sp³-hybridized carbons (Fsp3) is 0.692. The molecule has 0 amide bonds. The number of ether oxygens (including phenoxy) is 1. The van der Waals surface area contributed by atoms with Crippen LogP contribution in [0.3, 0.4) is 0 Å². The van der Waals surface area contributed by atoms with Gasteiger partial charge in [0.1, 0.15) is 16.8 Å². The van der Waals surface area contributed by atoms with Crippen molar-refractivity contribution in [3.63, 3.8) is 0 Å². The van der Waals surface area contributed by atoms with E-state index in [9.17, 15) is 0 Å². The van der Waals surface area contributed by atoms with Gasteiger partial charge in [-0.1, -0.05) is 18.5 Å². The molecule has 1 N–H and O–H groups in total. The van der Waals surface area contributed by atoms with Gasteiger partial charge < -0.3 is 10.1 Å². The first kappa shape index (κ1) is 13.6. The van der Waals surface area contributed by atoms with E-state index in [0.29, 0.717) is 11.1 Å². The average molecular weight is 270 g/mol. The van der Waals surface area contributed by atoms with E-state index in [1.54, 1.807) is 0 Å². The summed E-state index contributed by atoms with van der Waals surface area (Å²) < 4.78 is 5.36. The SMILES string of the molecule is CCc1nc(Cl)c(C)c(NCC2CCOCC2)n1. The third-order valence-corrected chi connectivity index (χ3v) is 3.72. The van der Waals surface area contributed by atoms with E-state index in [1.165, 1.54) is 0 Å². The Bertz CT molecular complexity index is 405. The van der Waals surface area contributed by atoms with E-state index in [-0.39, 0.29) is 0 Å². The maximum absolute atomic E-state index is 6.11. The lowest BCUT2D eigenvalue weighted by Crippen LogP contribution is -2.23. The van der Waals surface area contributed by atoms with Gasteiger partial charge in [-0.3, -0.25) is 0 Å². The molecule has 2 rings (SSSR count). The lowest BCUT2D eigenvalue weighted by molar-refractivity contribution is 0.0699. The molecule has 0 unspecified atom stereocenters. The molecule has 1 saturated heterocycles. The summed E-state index contributed by atoms with van der Waals surface area (Å²) in [7, 11) is 0. The van der Waals surface area contributed by atoms with Crippen LogP contribution in [-0.4, -0.2) is 29.7 Å². The van der Waals surface area contributed by atoms with Gasteiger partial charge in [-0.2, -0.15) is 0 Å². The van der Waals surface area contributed by atoms with Crippen molar-refractivity contribution in [3.8, 4) is 0 Å². The Balaban J connectivity index is 2.01. The van der Waals surface area contributed by atoms with E-state index >= 15 is 0 Å². The predicted molar refractivity (Wildman–Crippen MR) is 73.2 cm³/mol. The zero-order valence-electron chi connectivity index (χ0n) is 11.0. The molecule has 4 nitrogen and oxygen atoms in total. The molecular weight excluding hydrogens is 250 g/mol. The minimum absolute atomic E-state index is 0.552. The second-order valence-electron chi connectivity index (χ2n) is 4.69. The van der Waals surface area contributed by atoms with Crippen molar-refractivity contribution in [2.24, 2.45) is 5.92 Å². The molecule has 0 atom stereocenters. The molecule has 0 aliphatic carbocycles. The van der Waals surface area contributed by atoms with Crippen molar-refractivity contribution in [2.45, 2.75) is 33.1 Å². The van der Waals surface area contributed by atoms with Gasteiger partial charge in [-0.25, -0.2) is 9.97 Å². The molecule has 100 valence electrons. The van der Waals surface area contributed by atoms with Crippen LogP contribution in [0.25, 0.3) is 0 Å². The Hall–Kier alpha value is -0.870. The molecule has 0 aromatic carbocycles. The Kier molecular flexibility index (Phi) is 4.78. The number of hydrogen-bond acceptors (Lipinski definition) is 4. The summed E-state index contributed by atoms with van der Waals surface area (Å²) in [6, 6.07) is 0. The molecule has 2 heterocycles. The van der Waals surface area contributed by atoms with Crippen LogP contribution in [0.15, 0.2) is 0 Å². The fourth-order valence-electron chi connectivity index (χ4n) is 2.05. The molecule has 1 aliphatic rings. The second-order valence-corrected chi connectivity index (χ2v) is 5.05. The third-order valence-electron chi connectivity index (χ3n) is 3.35. The molecule has 1 fully saturated rings. The smallest absolute Gasteiger partial charge is 0.137 e. The first-order valence-electron chi connectivity index (χ1n) is 6.55.